The summed E-state index contributed by atoms with van der Waals surface area (Å²) in [4.78, 5) is 27.1. The van der Waals surface area contributed by atoms with Crippen LogP contribution in [0.5, 0.6) is 17.4 Å². The number of amides is 1. The Hall–Kier alpha value is -4.06. The molecule has 9 nitrogen and oxygen atoms in total. The number of hydrogen-bond acceptors (Lipinski definition) is 8. The van der Waals surface area contributed by atoms with E-state index in [1.165, 1.54) is 26.0 Å². The number of nitrogens with zero attached hydrogens (tertiary/aromatic N) is 5. The SMILES string of the molecule is CCN1Cc2cccc(Oc3nc(Nc4ccc(N5CC6(CCN(C)CC6)C5)cc4OC)ncc3C(F)(F)F)c2C1=O. The van der Waals surface area contributed by atoms with Gasteiger partial charge in [0.1, 0.15) is 17.1 Å². The molecule has 2 saturated heterocycles. The fourth-order valence-corrected chi connectivity index (χ4v) is 5.99. The molecule has 0 atom stereocenters. The number of rotatable bonds is 7. The Kier molecular flexibility index (Phi) is 7.12. The Morgan fingerprint density at radius 2 is 1.86 bits per heavy atom. The summed E-state index contributed by atoms with van der Waals surface area (Å²) >= 11 is 0. The van der Waals surface area contributed by atoms with E-state index in [2.05, 4.69) is 32.1 Å². The average Bonchev–Trinajstić information content (AvgIpc) is 3.28. The van der Waals surface area contributed by atoms with E-state index in [-0.39, 0.29) is 23.2 Å². The van der Waals surface area contributed by atoms with Crippen LogP contribution >= 0.6 is 0 Å². The van der Waals surface area contributed by atoms with Crippen LogP contribution in [0, 0.1) is 5.41 Å². The van der Waals surface area contributed by atoms with Gasteiger partial charge in [0, 0.05) is 49.5 Å². The fourth-order valence-electron chi connectivity index (χ4n) is 5.99. The number of fused-ring (bicyclic) bond motifs is 1. The molecule has 2 aromatic carbocycles. The van der Waals surface area contributed by atoms with Gasteiger partial charge in [-0.2, -0.15) is 18.2 Å². The summed E-state index contributed by atoms with van der Waals surface area (Å²) in [6.45, 7) is 6.88. The summed E-state index contributed by atoms with van der Waals surface area (Å²) in [5, 5.41) is 2.98. The van der Waals surface area contributed by atoms with Gasteiger partial charge in [0.2, 0.25) is 11.8 Å². The van der Waals surface area contributed by atoms with Crippen molar-refractivity contribution >= 4 is 23.2 Å². The highest BCUT2D eigenvalue weighted by atomic mass is 19.4. The summed E-state index contributed by atoms with van der Waals surface area (Å²) in [6, 6.07) is 10.5. The molecule has 3 aliphatic rings. The Morgan fingerprint density at radius 3 is 2.55 bits per heavy atom. The zero-order valence-electron chi connectivity index (χ0n) is 23.8. The number of aromatic nitrogens is 2. The monoisotopic (exact) mass is 582 g/mol. The minimum atomic E-state index is -4.77. The van der Waals surface area contributed by atoms with Crippen LogP contribution in [0.15, 0.2) is 42.6 Å². The predicted octanol–water partition coefficient (Wildman–Crippen LogP) is 5.55. The van der Waals surface area contributed by atoms with E-state index in [4.69, 9.17) is 9.47 Å². The Balaban J connectivity index is 1.24. The lowest BCUT2D eigenvalue weighted by atomic mass is 9.72. The predicted molar refractivity (Wildman–Crippen MR) is 152 cm³/mol. The number of carbonyl (C=O) groups excluding carboxylic acids is 1. The van der Waals surface area contributed by atoms with Crippen molar-refractivity contribution in [3.8, 4) is 17.4 Å². The second-order valence-electron chi connectivity index (χ2n) is 11.3. The number of carbonyl (C=O) groups is 1. The third kappa shape index (κ3) is 5.19. The zero-order valence-corrected chi connectivity index (χ0v) is 23.8. The molecule has 2 fully saturated rings. The maximum Gasteiger partial charge on any atom is 0.423 e. The molecule has 42 heavy (non-hydrogen) atoms. The third-order valence-corrected chi connectivity index (χ3v) is 8.52. The second kappa shape index (κ2) is 10.6. The highest BCUT2D eigenvalue weighted by Gasteiger charge is 2.44. The van der Waals surface area contributed by atoms with Crippen molar-refractivity contribution in [1.82, 2.24) is 19.8 Å². The molecule has 4 heterocycles. The van der Waals surface area contributed by atoms with Gasteiger partial charge in [0.25, 0.3) is 5.91 Å². The lowest BCUT2D eigenvalue weighted by Gasteiger charge is -2.54. The van der Waals surface area contributed by atoms with Gasteiger partial charge in [-0.05, 0) is 63.7 Å². The van der Waals surface area contributed by atoms with E-state index in [1.54, 1.807) is 23.1 Å². The summed E-state index contributed by atoms with van der Waals surface area (Å²) < 4.78 is 53.1. The number of piperidine rings is 1. The van der Waals surface area contributed by atoms with E-state index in [0.29, 0.717) is 41.7 Å². The molecular weight excluding hydrogens is 549 g/mol. The average molecular weight is 583 g/mol. The molecule has 12 heteroatoms. The maximum atomic E-state index is 13.9. The molecule has 0 radical (unpaired) electrons. The molecule has 3 aromatic rings. The van der Waals surface area contributed by atoms with Crippen molar-refractivity contribution in [3.63, 3.8) is 0 Å². The third-order valence-electron chi connectivity index (χ3n) is 8.52. The number of hydrogen-bond donors (Lipinski definition) is 1. The summed E-state index contributed by atoms with van der Waals surface area (Å²) in [7, 11) is 3.69. The minimum Gasteiger partial charge on any atom is -0.494 e. The van der Waals surface area contributed by atoms with Crippen molar-refractivity contribution in [2.75, 3.05) is 57.1 Å². The second-order valence-corrected chi connectivity index (χ2v) is 11.3. The van der Waals surface area contributed by atoms with Crippen LogP contribution in [-0.4, -0.2) is 72.6 Å². The van der Waals surface area contributed by atoms with Gasteiger partial charge in [-0.1, -0.05) is 12.1 Å². The Labute approximate surface area is 242 Å². The first-order chi connectivity index (χ1) is 20.1. The molecule has 222 valence electrons. The van der Waals surface area contributed by atoms with Crippen LogP contribution in [0.25, 0.3) is 0 Å². The molecule has 3 aliphatic heterocycles. The molecular formula is C30H33F3N6O3. The van der Waals surface area contributed by atoms with Gasteiger partial charge < -0.3 is 29.5 Å². The van der Waals surface area contributed by atoms with Gasteiger partial charge in [-0.15, -0.1) is 0 Å². The summed E-state index contributed by atoms with van der Waals surface area (Å²) in [5.41, 5.74) is 1.66. The first kappa shape index (κ1) is 28.1. The van der Waals surface area contributed by atoms with Crippen LogP contribution in [0.4, 0.5) is 30.5 Å². The van der Waals surface area contributed by atoms with E-state index >= 15 is 0 Å². The lowest BCUT2D eigenvalue weighted by Crippen LogP contribution is -2.60. The van der Waals surface area contributed by atoms with Gasteiger partial charge in [-0.3, -0.25) is 4.79 Å². The number of likely N-dealkylation sites (tertiary alicyclic amines) is 1. The largest absolute Gasteiger partial charge is 0.494 e. The van der Waals surface area contributed by atoms with Crippen LogP contribution in [0.3, 0.4) is 0 Å². The number of halogens is 3. The number of ether oxygens (including phenoxy) is 2. The highest BCUT2D eigenvalue weighted by Crippen LogP contribution is 2.44. The molecule has 1 N–H and O–H groups in total. The topological polar surface area (TPSA) is 83.1 Å². The van der Waals surface area contributed by atoms with Crippen molar-refractivity contribution in [1.29, 1.82) is 0 Å². The molecule has 0 aliphatic carbocycles. The highest BCUT2D eigenvalue weighted by molar-refractivity contribution is 6.01. The van der Waals surface area contributed by atoms with E-state index in [1.807, 2.05) is 19.1 Å². The number of anilines is 3. The van der Waals surface area contributed by atoms with Crippen molar-refractivity contribution < 1.29 is 27.4 Å². The van der Waals surface area contributed by atoms with Gasteiger partial charge >= 0.3 is 6.18 Å². The Bertz CT molecular complexity index is 1500. The molecule has 1 amide bonds. The maximum absolute atomic E-state index is 13.9. The zero-order chi connectivity index (χ0) is 29.6. The first-order valence-electron chi connectivity index (χ1n) is 14.0. The fraction of sp³-hybridized carbons (Fsp3) is 0.433. The van der Waals surface area contributed by atoms with Crippen LogP contribution in [0.1, 0.15) is 41.3 Å². The van der Waals surface area contributed by atoms with Crippen LogP contribution in [-0.2, 0) is 12.7 Å². The lowest BCUT2D eigenvalue weighted by molar-refractivity contribution is -0.139. The normalized spacial score (nSPS) is 18.2. The minimum absolute atomic E-state index is 0.0162. The van der Waals surface area contributed by atoms with Crippen molar-refractivity contribution in [2.24, 2.45) is 5.41 Å². The molecule has 0 saturated carbocycles. The Morgan fingerprint density at radius 1 is 1.10 bits per heavy atom. The standard InChI is InChI=1S/C30H33F3N6O3/c1-4-38-16-19-6-5-7-23(25(19)27(38)40)42-26-21(30(31,32)33)15-34-28(36-26)35-22-9-8-20(14-24(22)41-3)39-17-29(18-39)10-12-37(2)13-11-29/h5-9,14-15H,4,10-13,16-18H2,1-3H3,(H,34,35,36). The van der Waals surface area contributed by atoms with Crippen LogP contribution < -0.4 is 19.7 Å². The van der Waals surface area contributed by atoms with Crippen molar-refractivity contribution in [2.45, 2.75) is 32.5 Å². The molecule has 0 unspecified atom stereocenters. The number of methoxy groups -OCH3 is 1. The molecule has 1 aromatic heterocycles. The van der Waals surface area contributed by atoms with E-state index in [9.17, 15) is 18.0 Å². The van der Waals surface area contributed by atoms with Gasteiger partial charge in [0.15, 0.2) is 0 Å². The van der Waals surface area contributed by atoms with Gasteiger partial charge in [-0.25, -0.2) is 4.98 Å². The van der Waals surface area contributed by atoms with E-state index < -0.39 is 17.6 Å². The summed E-state index contributed by atoms with van der Waals surface area (Å²) in [5.74, 6) is -0.572. The van der Waals surface area contributed by atoms with Gasteiger partial charge in [0.05, 0.1) is 18.4 Å². The molecule has 1 spiro atoms. The molecule has 6 rings (SSSR count). The number of alkyl halides is 3. The first-order valence-corrected chi connectivity index (χ1v) is 14.0. The van der Waals surface area contributed by atoms with Crippen LogP contribution in [0.2, 0.25) is 0 Å². The number of nitrogens with one attached hydrogen (secondary N) is 1. The quantitative estimate of drug-likeness (QED) is 0.389. The van der Waals surface area contributed by atoms with Crippen molar-refractivity contribution in [3.05, 3.63) is 59.3 Å². The summed E-state index contributed by atoms with van der Waals surface area (Å²) in [6.07, 6.45) is -1.73. The van der Waals surface area contributed by atoms with E-state index in [0.717, 1.165) is 31.9 Å². The number of benzene rings is 2. The molecule has 0 bridgehead atoms. The smallest absolute Gasteiger partial charge is 0.423 e.